The van der Waals surface area contributed by atoms with E-state index in [0.717, 1.165) is 5.56 Å². The number of nitrogens with one attached hydrogen (secondary N) is 1. The fraction of sp³-hybridized carbons (Fsp3) is 0.172. The zero-order valence-corrected chi connectivity index (χ0v) is 20.2. The minimum atomic E-state index is -0.550. The van der Waals surface area contributed by atoms with Gasteiger partial charge in [0.2, 0.25) is 0 Å². The molecule has 0 aliphatic carbocycles. The summed E-state index contributed by atoms with van der Waals surface area (Å²) in [5.41, 5.74) is 2.14. The first-order valence-corrected chi connectivity index (χ1v) is 11.3. The van der Waals surface area contributed by atoms with Crippen LogP contribution in [0.5, 0.6) is 17.2 Å². The molecule has 3 rings (SSSR count). The fourth-order valence-electron chi connectivity index (χ4n) is 3.47. The maximum absolute atomic E-state index is 14.0. The van der Waals surface area contributed by atoms with Crippen LogP contribution in [-0.2, 0) is 17.8 Å². The van der Waals surface area contributed by atoms with E-state index < -0.39 is 5.91 Å². The number of nitriles is 1. The molecule has 0 bridgehead atoms. The standard InChI is InChI=1S/C29H27FN2O4/c1-4-8-21-15-20(17-27(34-3)28(21)36-19-22-9-6-7-10-26(22)30)16-23(18-31)29(33)32-24-11-13-25(14-12-24)35-5-2/h4,6-7,9-17H,1,5,8,19H2,2-3H3,(H,32,33)/b23-16+. The Hall–Kier alpha value is -4.57. The number of amides is 1. The number of halogens is 1. The molecule has 0 unspecified atom stereocenters. The monoisotopic (exact) mass is 486 g/mol. The largest absolute Gasteiger partial charge is 0.494 e. The molecule has 7 heteroatoms. The minimum absolute atomic E-state index is 0.0102. The third-order valence-electron chi connectivity index (χ3n) is 5.17. The number of ether oxygens (including phenoxy) is 3. The zero-order chi connectivity index (χ0) is 25.9. The molecule has 0 heterocycles. The average molecular weight is 487 g/mol. The molecule has 1 N–H and O–H groups in total. The molecule has 184 valence electrons. The Morgan fingerprint density at radius 3 is 2.50 bits per heavy atom. The van der Waals surface area contributed by atoms with Gasteiger partial charge in [0, 0.05) is 16.8 Å². The van der Waals surface area contributed by atoms with Gasteiger partial charge in [0.15, 0.2) is 11.5 Å². The van der Waals surface area contributed by atoms with Gasteiger partial charge in [0.25, 0.3) is 5.91 Å². The lowest BCUT2D eigenvalue weighted by Crippen LogP contribution is -2.13. The number of hydrogen-bond acceptors (Lipinski definition) is 5. The number of methoxy groups -OCH3 is 1. The predicted molar refractivity (Wildman–Crippen MR) is 137 cm³/mol. The van der Waals surface area contributed by atoms with E-state index in [2.05, 4.69) is 11.9 Å². The maximum Gasteiger partial charge on any atom is 0.266 e. The molecule has 3 aromatic carbocycles. The second-order valence-electron chi connectivity index (χ2n) is 7.67. The Morgan fingerprint density at radius 1 is 1.11 bits per heavy atom. The van der Waals surface area contributed by atoms with Gasteiger partial charge < -0.3 is 19.5 Å². The number of carbonyl (C=O) groups excluding carboxylic acids is 1. The summed E-state index contributed by atoms with van der Waals surface area (Å²) in [6.45, 7) is 6.22. The summed E-state index contributed by atoms with van der Waals surface area (Å²) in [6.07, 6.45) is 3.60. The van der Waals surface area contributed by atoms with Crippen molar-refractivity contribution >= 4 is 17.7 Å². The van der Waals surface area contributed by atoms with Crippen LogP contribution in [0.25, 0.3) is 6.08 Å². The van der Waals surface area contributed by atoms with E-state index in [4.69, 9.17) is 14.2 Å². The SMILES string of the molecule is C=CCc1cc(/C=C(\C#N)C(=O)Nc2ccc(OCC)cc2)cc(OC)c1OCc1ccccc1F. The van der Waals surface area contributed by atoms with Crippen LogP contribution in [0.2, 0.25) is 0 Å². The van der Waals surface area contributed by atoms with Crippen molar-refractivity contribution < 1.29 is 23.4 Å². The van der Waals surface area contributed by atoms with Crippen molar-refractivity contribution in [3.05, 3.63) is 101 Å². The second kappa shape index (κ2) is 12.8. The van der Waals surface area contributed by atoms with Gasteiger partial charge in [-0.15, -0.1) is 6.58 Å². The average Bonchev–Trinajstić information content (AvgIpc) is 2.88. The molecular formula is C29H27FN2O4. The maximum atomic E-state index is 14.0. The van der Waals surface area contributed by atoms with E-state index in [-0.39, 0.29) is 18.0 Å². The molecule has 0 aromatic heterocycles. The van der Waals surface area contributed by atoms with Crippen LogP contribution in [-0.4, -0.2) is 19.6 Å². The topological polar surface area (TPSA) is 80.6 Å². The van der Waals surface area contributed by atoms with Gasteiger partial charge in [-0.1, -0.05) is 24.3 Å². The molecule has 36 heavy (non-hydrogen) atoms. The normalized spacial score (nSPS) is 10.8. The summed E-state index contributed by atoms with van der Waals surface area (Å²) in [4.78, 5) is 12.7. The van der Waals surface area contributed by atoms with Crippen LogP contribution in [0.3, 0.4) is 0 Å². The van der Waals surface area contributed by atoms with Crippen molar-refractivity contribution in [2.24, 2.45) is 0 Å². The molecule has 0 aliphatic rings. The van der Waals surface area contributed by atoms with Gasteiger partial charge in [-0.25, -0.2) is 4.39 Å². The number of anilines is 1. The number of carbonyl (C=O) groups is 1. The molecule has 0 aliphatic heterocycles. The van der Waals surface area contributed by atoms with Crippen molar-refractivity contribution in [2.75, 3.05) is 19.0 Å². The van der Waals surface area contributed by atoms with Gasteiger partial charge in [-0.3, -0.25) is 4.79 Å². The number of nitrogens with zero attached hydrogens (tertiary/aromatic N) is 1. The summed E-state index contributed by atoms with van der Waals surface area (Å²) in [5.74, 6) is 0.603. The molecule has 0 saturated carbocycles. The summed E-state index contributed by atoms with van der Waals surface area (Å²) in [6, 6.07) is 18.6. The first kappa shape index (κ1) is 26.0. The molecule has 0 radical (unpaired) electrons. The van der Waals surface area contributed by atoms with Crippen molar-refractivity contribution in [3.63, 3.8) is 0 Å². The van der Waals surface area contributed by atoms with Crippen molar-refractivity contribution in [1.29, 1.82) is 5.26 Å². The molecular weight excluding hydrogens is 459 g/mol. The highest BCUT2D eigenvalue weighted by atomic mass is 19.1. The summed E-state index contributed by atoms with van der Waals surface area (Å²) >= 11 is 0. The Morgan fingerprint density at radius 2 is 1.86 bits per heavy atom. The molecule has 0 atom stereocenters. The van der Waals surface area contributed by atoms with Crippen LogP contribution in [0.1, 0.15) is 23.6 Å². The quantitative estimate of drug-likeness (QED) is 0.202. The van der Waals surface area contributed by atoms with Gasteiger partial charge in [-0.2, -0.15) is 5.26 Å². The molecule has 0 spiro atoms. The Bertz CT molecular complexity index is 1290. The van der Waals surface area contributed by atoms with Crippen LogP contribution in [0, 0.1) is 17.1 Å². The highest BCUT2D eigenvalue weighted by Crippen LogP contribution is 2.35. The fourth-order valence-corrected chi connectivity index (χ4v) is 3.47. The third kappa shape index (κ3) is 6.73. The Labute approximate surface area is 210 Å². The van der Waals surface area contributed by atoms with E-state index in [1.54, 1.807) is 60.7 Å². The van der Waals surface area contributed by atoms with E-state index in [1.807, 2.05) is 13.0 Å². The van der Waals surface area contributed by atoms with Gasteiger partial charge >= 0.3 is 0 Å². The molecule has 6 nitrogen and oxygen atoms in total. The summed E-state index contributed by atoms with van der Waals surface area (Å²) in [7, 11) is 1.49. The van der Waals surface area contributed by atoms with Crippen molar-refractivity contribution in [1.82, 2.24) is 0 Å². The number of hydrogen-bond donors (Lipinski definition) is 1. The molecule has 0 saturated heterocycles. The van der Waals surface area contributed by atoms with Crippen LogP contribution in [0.4, 0.5) is 10.1 Å². The van der Waals surface area contributed by atoms with Gasteiger partial charge in [0.05, 0.1) is 13.7 Å². The number of benzene rings is 3. The Balaban J connectivity index is 1.86. The first-order valence-electron chi connectivity index (χ1n) is 11.3. The van der Waals surface area contributed by atoms with E-state index in [1.165, 1.54) is 19.3 Å². The molecule has 1 amide bonds. The minimum Gasteiger partial charge on any atom is -0.494 e. The van der Waals surface area contributed by atoms with Crippen LogP contribution >= 0.6 is 0 Å². The van der Waals surface area contributed by atoms with Gasteiger partial charge in [-0.05, 0) is 67.4 Å². The predicted octanol–water partition coefficient (Wildman–Crippen LogP) is 6.09. The van der Waals surface area contributed by atoms with E-state index in [9.17, 15) is 14.4 Å². The second-order valence-corrected chi connectivity index (χ2v) is 7.67. The van der Waals surface area contributed by atoms with E-state index >= 15 is 0 Å². The smallest absolute Gasteiger partial charge is 0.266 e. The third-order valence-corrected chi connectivity index (χ3v) is 5.17. The number of allylic oxidation sites excluding steroid dienone is 1. The summed E-state index contributed by atoms with van der Waals surface area (Å²) < 4.78 is 30.9. The lowest BCUT2D eigenvalue weighted by atomic mass is 10.0. The Kier molecular flexibility index (Phi) is 9.24. The number of rotatable bonds is 11. The van der Waals surface area contributed by atoms with Gasteiger partial charge in [0.1, 0.15) is 29.8 Å². The lowest BCUT2D eigenvalue weighted by molar-refractivity contribution is -0.112. The van der Waals surface area contributed by atoms with Crippen molar-refractivity contribution in [2.45, 2.75) is 20.0 Å². The van der Waals surface area contributed by atoms with Crippen LogP contribution < -0.4 is 19.5 Å². The first-order chi connectivity index (χ1) is 17.5. The molecule has 0 fully saturated rings. The lowest BCUT2D eigenvalue weighted by Gasteiger charge is -2.16. The summed E-state index contributed by atoms with van der Waals surface area (Å²) in [5, 5.41) is 12.3. The highest BCUT2D eigenvalue weighted by Gasteiger charge is 2.16. The van der Waals surface area contributed by atoms with E-state index in [0.29, 0.717) is 47.1 Å². The zero-order valence-electron chi connectivity index (χ0n) is 20.2. The van der Waals surface area contributed by atoms with Crippen LogP contribution in [0.15, 0.2) is 78.9 Å². The highest BCUT2D eigenvalue weighted by molar-refractivity contribution is 6.09. The molecule has 3 aromatic rings. The van der Waals surface area contributed by atoms with Crippen molar-refractivity contribution in [3.8, 4) is 23.3 Å².